The second-order valence-electron chi connectivity index (χ2n) is 11.2. The van der Waals surface area contributed by atoms with E-state index < -0.39 is 12.3 Å². The van der Waals surface area contributed by atoms with Crippen LogP contribution in [0.5, 0.6) is 0 Å². The molecule has 0 spiro atoms. The minimum Gasteiger partial charge on any atom is -0.384 e. The molecule has 3 fully saturated rings. The highest BCUT2D eigenvalue weighted by Gasteiger charge is 2.46. The molecular formula is C28H50F2O2. The van der Waals surface area contributed by atoms with E-state index in [1.54, 1.807) is 7.11 Å². The molecular weight excluding hydrogens is 406 g/mol. The normalized spacial score (nSPS) is 38.6. The van der Waals surface area contributed by atoms with Gasteiger partial charge < -0.3 is 9.47 Å². The lowest BCUT2D eigenvalue weighted by Crippen LogP contribution is -2.45. The molecule has 4 atom stereocenters. The first-order valence-corrected chi connectivity index (χ1v) is 14.0. The summed E-state index contributed by atoms with van der Waals surface area (Å²) in [6.07, 6.45) is 15.8. The summed E-state index contributed by atoms with van der Waals surface area (Å²) in [4.78, 5) is 0. The van der Waals surface area contributed by atoms with Gasteiger partial charge in [0.25, 0.3) is 0 Å². The standard InChI is InChI=1S/C28H50F2O2/c1-3-4-5-6-7-8-19-32-24-15-13-23(14-16-24)26-18-17-25(27(29)28(26)30)22-11-9-21(10-12-22)20-31-2/h21-28H,3-20H2,1-2H3. The molecule has 0 radical (unpaired) electrons. The Bertz CT molecular complexity index is 486. The Morgan fingerprint density at radius 2 is 1.19 bits per heavy atom. The molecule has 3 rings (SSSR count). The van der Waals surface area contributed by atoms with Crippen molar-refractivity contribution in [1.82, 2.24) is 0 Å². The molecule has 4 heteroatoms. The van der Waals surface area contributed by atoms with E-state index in [-0.39, 0.29) is 11.8 Å². The number of unbranched alkanes of at least 4 members (excludes halogenated alkanes) is 5. The molecule has 32 heavy (non-hydrogen) atoms. The summed E-state index contributed by atoms with van der Waals surface area (Å²) in [5, 5.41) is 0. The molecule has 0 aromatic rings. The third-order valence-corrected chi connectivity index (χ3v) is 9.03. The maximum atomic E-state index is 15.3. The third kappa shape index (κ3) is 7.65. The minimum atomic E-state index is -1.25. The highest BCUT2D eigenvalue weighted by atomic mass is 19.2. The van der Waals surface area contributed by atoms with Crippen molar-refractivity contribution in [3.8, 4) is 0 Å². The number of hydrogen-bond acceptors (Lipinski definition) is 2. The molecule has 3 saturated carbocycles. The number of ether oxygens (including phenoxy) is 2. The van der Waals surface area contributed by atoms with Gasteiger partial charge in [-0.3, -0.25) is 0 Å². The maximum absolute atomic E-state index is 15.3. The Morgan fingerprint density at radius 1 is 0.656 bits per heavy atom. The van der Waals surface area contributed by atoms with E-state index in [9.17, 15) is 0 Å². The van der Waals surface area contributed by atoms with Gasteiger partial charge in [0.15, 0.2) is 0 Å². The van der Waals surface area contributed by atoms with E-state index >= 15 is 8.78 Å². The van der Waals surface area contributed by atoms with Crippen LogP contribution in [0.3, 0.4) is 0 Å². The Balaban J connectivity index is 1.33. The first-order chi connectivity index (χ1) is 15.6. The van der Waals surface area contributed by atoms with Gasteiger partial charge in [0.2, 0.25) is 0 Å². The fourth-order valence-corrected chi connectivity index (χ4v) is 7.00. The van der Waals surface area contributed by atoms with E-state index in [0.717, 1.165) is 83.8 Å². The molecule has 188 valence electrons. The smallest absolute Gasteiger partial charge is 0.134 e. The second-order valence-corrected chi connectivity index (χ2v) is 11.2. The predicted octanol–water partition coefficient (Wildman–Crippen LogP) is 8.08. The van der Waals surface area contributed by atoms with Crippen molar-refractivity contribution in [3.05, 3.63) is 0 Å². The molecule has 0 aromatic carbocycles. The lowest BCUT2D eigenvalue weighted by atomic mass is 9.64. The van der Waals surface area contributed by atoms with Crippen LogP contribution in [0, 0.1) is 29.6 Å². The zero-order chi connectivity index (χ0) is 22.8. The summed E-state index contributed by atoms with van der Waals surface area (Å²) in [6.45, 7) is 3.94. The second kappa shape index (κ2) is 14.2. The largest absolute Gasteiger partial charge is 0.384 e. The predicted molar refractivity (Wildman–Crippen MR) is 128 cm³/mol. The molecule has 0 heterocycles. The zero-order valence-corrected chi connectivity index (χ0v) is 20.9. The highest BCUT2D eigenvalue weighted by molar-refractivity contribution is 4.95. The maximum Gasteiger partial charge on any atom is 0.134 e. The van der Waals surface area contributed by atoms with Crippen molar-refractivity contribution in [3.63, 3.8) is 0 Å². The van der Waals surface area contributed by atoms with Gasteiger partial charge in [0.05, 0.1) is 6.10 Å². The van der Waals surface area contributed by atoms with Crippen molar-refractivity contribution < 1.29 is 18.3 Å². The first kappa shape index (κ1) is 26.4. The van der Waals surface area contributed by atoms with Crippen molar-refractivity contribution in [1.29, 1.82) is 0 Å². The molecule has 0 amide bonds. The van der Waals surface area contributed by atoms with Gasteiger partial charge in [-0.25, -0.2) is 8.78 Å². The lowest BCUT2D eigenvalue weighted by molar-refractivity contribution is -0.0496. The number of alkyl halides is 2. The molecule has 2 nitrogen and oxygen atoms in total. The van der Waals surface area contributed by atoms with Gasteiger partial charge >= 0.3 is 0 Å². The van der Waals surface area contributed by atoms with Crippen LogP contribution in [-0.2, 0) is 9.47 Å². The fourth-order valence-electron chi connectivity index (χ4n) is 7.00. The summed E-state index contributed by atoms with van der Waals surface area (Å²) in [7, 11) is 1.76. The van der Waals surface area contributed by atoms with E-state index in [0.29, 0.717) is 23.9 Å². The molecule has 0 N–H and O–H groups in total. The van der Waals surface area contributed by atoms with Crippen LogP contribution < -0.4 is 0 Å². The average Bonchev–Trinajstić information content (AvgIpc) is 2.82. The molecule has 3 aliphatic carbocycles. The Kier molecular flexibility index (Phi) is 11.7. The Hall–Kier alpha value is -0.220. The van der Waals surface area contributed by atoms with Gasteiger partial charge in [-0.2, -0.15) is 0 Å². The van der Waals surface area contributed by atoms with Gasteiger partial charge in [-0.1, -0.05) is 39.0 Å². The molecule has 0 saturated heterocycles. The van der Waals surface area contributed by atoms with E-state index in [1.165, 1.54) is 32.1 Å². The summed E-state index contributed by atoms with van der Waals surface area (Å²) < 4.78 is 41.9. The van der Waals surface area contributed by atoms with Gasteiger partial charge in [-0.15, -0.1) is 0 Å². The van der Waals surface area contributed by atoms with Crippen LogP contribution in [0.15, 0.2) is 0 Å². The molecule has 0 bridgehead atoms. The Labute approximate surface area is 196 Å². The van der Waals surface area contributed by atoms with E-state index in [1.807, 2.05) is 0 Å². The van der Waals surface area contributed by atoms with E-state index in [2.05, 4.69) is 6.92 Å². The number of hydrogen-bond donors (Lipinski definition) is 0. The average molecular weight is 457 g/mol. The van der Waals surface area contributed by atoms with Crippen LogP contribution in [0.25, 0.3) is 0 Å². The van der Waals surface area contributed by atoms with Crippen molar-refractivity contribution in [2.24, 2.45) is 29.6 Å². The number of methoxy groups -OCH3 is 1. The lowest BCUT2D eigenvalue weighted by Gasteiger charge is -2.44. The summed E-state index contributed by atoms with van der Waals surface area (Å²) in [5.74, 6) is 1.23. The van der Waals surface area contributed by atoms with E-state index in [4.69, 9.17) is 9.47 Å². The van der Waals surface area contributed by atoms with Gasteiger partial charge in [0.1, 0.15) is 12.3 Å². The van der Waals surface area contributed by atoms with Crippen LogP contribution in [0.2, 0.25) is 0 Å². The van der Waals surface area contributed by atoms with Crippen LogP contribution >= 0.6 is 0 Å². The van der Waals surface area contributed by atoms with Crippen LogP contribution in [0.4, 0.5) is 8.78 Å². The molecule has 3 aliphatic rings. The number of rotatable bonds is 12. The van der Waals surface area contributed by atoms with Crippen molar-refractivity contribution >= 4 is 0 Å². The Morgan fingerprint density at radius 3 is 1.75 bits per heavy atom. The SMILES string of the molecule is CCCCCCCCOC1CCC(C2CCC(C3CCC(COC)CC3)C(F)C2F)CC1. The van der Waals surface area contributed by atoms with Crippen molar-refractivity contribution in [2.45, 2.75) is 128 Å². The zero-order valence-electron chi connectivity index (χ0n) is 20.9. The molecule has 0 aliphatic heterocycles. The first-order valence-electron chi connectivity index (χ1n) is 14.0. The fraction of sp³-hybridized carbons (Fsp3) is 1.00. The highest BCUT2D eigenvalue weighted by Crippen LogP contribution is 2.47. The summed E-state index contributed by atoms with van der Waals surface area (Å²) in [5.41, 5.74) is 0. The molecule has 4 unspecified atom stereocenters. The quantitative estimate of drug-likeness (QED) is 0.276. The minimum absolute atomic E-state index is 0.0539. The van der Waals surface area contributed by atoms with Gasteiger partial charge in [0, 0.05) is 20.3 Å². The summed E-state index contributed by atoms with van der Waals surface area (Å²) >= 11 is 0. The monoisotopic (exact) mass is 456 g/mol. The van der Waals surface area contributed by atoms with Crippen LogP contribution in [-0.4, -0.2) is 38.8 Å². The van der Waals surface area contributed by atoms with Crippen molar-refractivity contribution in [2.75, 3.05) is 20.3 Å². The topological polar surface area (TPSA) is 18.5 Å². The third-order valence-electron chi connectivity index (χ3n) is 9.03. The number of halogens is 2. The molecule has 0 aromatic heterocycles. The summed E-state index contributed by atoms with van der Waals surface area (Å²) in [6, 6.07) is 0. The van der Waals surface area contributed by atoms with Crippen LogP contribution in [0.1, 0.15) is 110 Å². The van der Waals surface area contributed by atoms with Gasteiger partial charge in [-0.05, 0) is 100 Å².